The summed E-state index contributed by atoms with van der Waals surface area (Å²) in [5.74, 6) is 0.803. The minimum atomic E-state index is -0.951. The maximum absolute atomic E-state index is 10.5. The van der Waals surface area contributed by atoms with Crippen LogP contribution >= 0.6 is 23.5 Å². The number of hydrogen-bond donors (Lipinski definition) is 1. The summed E-state index contributed by atoms with van der Waals surface area (Å²) in [6.45, 7) is 4.40. The van der Waals surface area contributed by atoms with Crippen molar-refractivity contribution < 1.29 is 14.4 Å². The summed E-state index contributed by atoms with van der Waals surface area (Å²) in [4.78, 5) is 14.7. The number of hydrogen-bond acceptors (Lipinski definition) is 6. The highest BCUT2D eigenvalue weighted by Crippen LogP contribution is 2.43. The van der Waals surface area contributed by atoms with Crippen LogP contribution in [-0.4, -0.2) is 37.5 Å². The Hall–Kier alpha value is -0.690. The van der Waals surface area contributed by atoms with Crippen molar-refractivity contribution in [3.05, 3.63) is 11.7 Å². The summed E-state index contributed by atoms with van der Waals surface area (Å²) in [7, 11) is 0. The van der Waals surface area contributed by atoms with Gasteiger partial charge >= 0.3 is 5.97 Å². The number of aromatic nitrogens is 2. The van der Waals surface area contributed by atoms with Crippen molar-refractivity contribution in [2.75, 3.05) is 5.75 Å². The van der Waals surface area contributed by atoms with Crippen LogP contribution in [0.25, 0.3) is 0 Å². The Morgan fingerprint density at radius 1 is 1.53 bits per heavy atom. The highest BCUT2D eigenvalue weighted by Gasteiger charge is 2.29. The second-order valence-corrected chi connectivity index (χ2v) is 6.98. The molecule has 0 radical (unpaired) electrons. The molecule has 1 aliphatic heterocycles. The first-order valence-electron chi connectivity index (χ1n) is 5.37. The van der Waals surface area contributed by atoms with E-state index in [4.69, 9.17) is 9.63 Å². The van der Waals surface area contributed by atoms with Crippen LogP contribution in [0.5, 0.6) is 0 Å². The van der Waals surface area contributed by atoms with Crippen molar-refractivity contribution in [1.29, 1.82) is 0 Å². The van der Waals surface area contributed by atoms with Crippen LogP contribution in [0, 0.1) is 0 Å². The lowest BCUT2D eigenvalue weighted by atomic mass is 10.3. The molecule has 1 saturated heterocycles. The van der Waals surface area contributed by atoms with E-state index in [1.807, 2.05) is 23.5 Å². The molecule has 1 aliphatic rings. The third kappa shape index (κ3) is 3.16. The zero-order valence-electron chi connectivity index (χ0n) is 9.62. The van der Waals surface area contributed by atoms with E-state index in [2.05, 4.69) is 24.0 Å². The van der Waals surface area contributed by atoms with Gasteiger partial charge in [-0.05, 0) is 0 Å². The summed E-state index contributed by atoms with van der Waals surface area (Å²) < 4.78 is 4.93. The molecule has 0 aliphatic carbocycles. The van der Waals surface area contributed by atoms with E-state index in [1.165, 1.54) is 0 Å². The lowest BCUT2D eigenvalue weighted by Gasteiger charge is -2.29. The fourth-order valence-corrected chi connectivity index (χ4v) is 4.35. The molecule has 2 heterocycles. The highest BCUT2D eigenvalue weighted by molar-refractivity contribution is 8.07. The largest absolute Gasteiger partial charge is 0.481 e. The molecule has 0 saturated carbocycles. The SMILES string of the molecule is CC1SCC(c2noc(CC(=O)O)n2)SC1C. The van der Waals surface area contributed by atoms with Gasteiger partial charge in [0.15, 0.2) is 5.82 Å². The van der Waals surface area contributed by atoms with Gasteiger partial charge in [-0.15, -0.1) is 11.8 Å². The molecule has 94 valence electrons. The number of aliphatic carboxylic acids is 1. The quantitative estimate of drug-likeness (QED) is 0.903. The molecule has 1 aromatic heterocycles. The molecular formula is C10H14N2O3S2. The first-order chi connectivity index (χ1) is 8.06. The van der Waals surface area contributed by atoms with E-state index >= 15 is 0 Å². The fraction of sp³-hybridized carbons (Fsp3) is 0.700. The molecule has 1 aromatic rings. The lowest BCUT2D eigenvalue weighted by Crippen LogP contribution is -2.22. The Morgan fingerprint density at radius 3 is 2.94 bits per heavy atom. The Balaban J connectivity index is 2.02. The van der Waals surface area contributed by atoms with Crippen LogP contribution in [0.1, 0.15) is 30.8 Å². The lowest BCUT2D eigenvalue weighted by molar-refractivity contribution is -0.136. The first kappa shape index (κ1) is 12.8. The molecule has 0 bridgehead atoms. The number of carboxylic acid groups (broad SMARTS) is 1. The van der Waals surface area contributed by atoms with E-state index in [1.54, 1.807) is 0 Å². The second kappa shape index (κ2) is 5.30. The van der Waals surface area contributed by atoms with Gasteiger partial charge in [0.1, 0.15) is 6.42 Å². The number of carbonyl (C=O) groups is 1. The maximum atomic E-state index is 10.5. The Labute approximate surface area is 108 Å². The van der Waals surface area contributed by atoms with Crippen LogP contribution in [-0.2, 0) is 11.2 Å². The van der Waals surface area contributed by atoms with Gasteiger partial charge in [0.05, 0.1) is 5.25 Å². The summed E-state index contributed by atoms with van der Waals surface area (Å²) in [6, 6.07) is 0. The molecule has 7 heteroatoms. The van der Waals surface area contributed by atoms with Crippen LogP contribution in [0.4, 0.5) is 0 Å². The van der Waals surface area contributed by atoms with Crippen LogP contribution in [0.2, 0.25) is 0 Å². The zero-order valence-corrected chi connectivity index (χ0v) is 11.3. The summed E-state index contributed by atoms with van der Waals surface area (Å²) in [6.07, 6.45) is -0.205. The zero-order chi connectivity index (χ0) is 12.4. The van der Waals surface area contributed by atoms with Crippen molar-refractivity contribution in [3.63, 3.8) is 0 Å². The Morgan fingerprint density at radius 2 is 2.29 bits per heavy atom. The number of carboxylic acids is 1. The van der Waals surface area contributed by atoms with Gasteiger partial charge in [0, 0.05) is 16.3 Å². The first-order valence-corrected chi connectivity index (χ1v) is 7.36. The van der Waals surface area contributed by atoms with Crippen molar-refractivity contribution in [1.82, 2.24) is 10.1 Å². The minimum Gasteiger partial charge on any atom is -0.481 e. The van der Waals surface area contributed by atoms with Crippen molar-refractivity contribution in [2.24, 2.45) is 0 Å². The normalized spacial score (nSPS) is 29.2. The van der Waals surface area contributed by atoms with E-state index in [0.717, 1.165) is 5.75 Å². The summed E-state index contributed by atoms with van der Waals surface area (Å²) >= 11 is 3.72. The summed E-state index contributed by atoms with van der Waals surface area (Å²) in [5, 5.41) is 13.9. The summed E-state index contributed by atoms with van der Waals surface area (Å²) in [5.41, 5.74) is 0. The van der Waals surface area contributed by atoms with Crippen LogP contribution < -0.4 is 0 Å². The molecule has 5 nitrogen and oxygen atoms in total. The average molecular weight is 274 g/mol. The van der Waals surface area contributed by atoms with Gasteiger partial charge in [-0.1, -0.05) is 19.0 Å². The van der Waals surface area contributed by atoms with E-state index < -0.39 is 5.97 Å². The highest BCUT2D eigenvalue weighted by atomic mass is 32.2. The minimum absolute atomic E-state index is 0.185. The molecule has 17 heavy (non-hydrogen) atoms. The topological polar surface area (TPSA) is 76.2 Å². The van der Waals surface area contributed by atoms with E-state index in [-0.39, 0.29) is 17.6 Å². The molecule has 1 N–H and O–H groups in total. The van der Waals surface area contributed by atoms with Crippen molar-refractivity contribution >= 4 is 29.5 Å². The van der Waals surface area contributed by atoms with Gasteiger partial charge in [0.25, 0.3) is 0 Å². The smallest absolute Gasteiger partial charge is 0.312 e. The van der Waals surface area contributed by atoms with Gasteiger partial charge in [-0.3, -0.25) is 4.79 Å². The average Bonchev–Trinajstić information content (AvgIpc) is 2.69. The van der Waals surface area contributed by atoms with E-state index in [0.29, 0.717) is 16.3 Å². The molecule has 3 atom stereocenters. The standard InChI is InChI=1S/C10H14N2O3S2/c1-5-6(2)17-7(4-16-5)10-11-8(15-12-10)3-9(13)14/h5-7H,3-4H2,1-2H3,(H,13,14). The second-order valence-electron chi connectivity index (χ2n) is 3.99. The third-order valence-electron chi connectivity index (χ3n) is 2.62. The number of nitrogens with zero attached hydrogens (tertiary/aromatic N) is 2. The predicted molar refractivity (Wildman–Crippen MR) is 67.4 cm³/mol. The molecular weight excluding hydrogens is 260 g/mol. The molecule has 0 spiro atoms. The van der Waals surface area contributed by atoms with Crippen LogP contribution in [0.15, 0.2) is 4.52 Å². The van der Waals surface area contributed by atoms with Crippen LogP contribution in [0.3, 0.4) is 0 Å². The molecule has 2 rings (SSSR count). The molecule has 0 aromatic carbocycles. The Kier molecular flexibility index (Phi) is 3.98. The van der Waals surface area contributed by atoms with Gasteiger partial charge in [0.2, 0.25) is 5.89 Å². The van der Waals surface area contributed by atoms with Gasteiger partial charge in [-0.25, -0.2) is 0 Å². The maximum Gasteiger partial charge on any atom is 0.312 e. The third-order valence-corrected chi connectivity index (χ3v) is 6.01. The molecule has 1 fully saturated rings. The van der Waals surface area contributed by atoms with Gasteiger partial charge < -0.3 is 9.63 Å². The predicted octanol–water partition coefficient (Wildman–Crippen LogP) is 1.99. The molecule has 0 amide bonds. The van der Waals surface area contributed by atoms with Gasteiger partial charge in [-0.2, -0.15) is 16.7 Å². The number of thioether (sulfide) groups is 2. The van der Waals surface area contributed by atoms with Crippen molar-refractivity contribution in [2.45, 2.75) is 36.0 Å². The molecule has 3 unspecified atom stereocenters. The monoisotopic (exact) mass is 274 g/mol. The van der Waals surface area contributed by atoms with E-state index in [9.17, 15) is 4.79 Å². The Bertz CT molecular complexity index is 410. The van der Waals surface area contributed by atoms with Crippen molar-refractivity contribution in [3.8, 4) is 0 Å². The fourth-order valence-electron chi connectivity index (χ4n) is 1.52. The number of rotatable bonds is 3.